The van der Waals surface area contributed by atoms with Crippen LogP contribution >= 0.6 is 0 Å². The van der Waals surface area contributed by atoms with E-state index in [1.807, 2.05) is 0 Å². The highest BCUT2D eigenvalue weighted by molar-refractivity contribution is 5.29. The number of aromatic hydroxyl groups is 1. The van der Waals surface area contributed by atoms with Gasteiger partial charge in [0.2, 0.25) is 0 Å². The van der Waals surface area contributed by atoms with Crippen LogP contribution < -0.4 is 4.74 Å². The highest BCUT2D eigenvalue weighted by Crippen LogP contribution is 2.21. The maximum absolute atomic E-state index is 11.7. The lowest BCUT2D eigenvalue weighted by Gasteiger charge is -2.08. The fourth-order valence-electron chi connectivity index (χ4n) is 0.827. The molecule has 0 amide bonds. The molecule has 0 saturated heterocycles. The monoisotopic (exact) mass is 206 g/mol. The molecule has 14 heavy (non-hydrogen) atoms. The fourth-order valence-corrected chi connectivity index (χ4v) is 0.827. The van der Waals surface area contributed by atoms with Crippen LogP contribution in [0.2, 0.25) is 0 Å². The van der Waals surface area contributed by atoms with Gasteiger partial charge in [0.15, 0.2) is 0 Å². The summed E-state index contributed by atoms with van der Waals surface area (Å²) >= 11 is 0. The first-order valence-corrected chi connectivity index (χ1v) is 3.96. The lowest BCUT2D eigenvalue weighted by Crippen LogP contribution is -2.12. The Hall–Kier alpha value is -1.39. The van der Waals surface area contributed by atoms with E-state index in [0.29, 0.717) is 5.75 Å². The van der Waals surface area contributed by atoms with Crippen molar-refractivity contribution in [3.05, 3.63) is 24.3 Å². The SMILES string of the molecule is Oc1ccc(OCCC(F)(F)F)cc1. The molecule has 78 valence electrons. The van der Waals surface area contributed by atoms with Crippen molar-refractivity contribution in [2.45, 2.75) is 12.6 Å². The summed E-state index contributed by atoms with van der Waals surface area (Å²) in [4.78, 5) is 0. The Labute approximate surface area is 78.9 Å². The predicted molar refractivity (Wildman–Crippen MR) is 44.3 cm³/mol. The van der Waals surface area contributed by atoms with Crippen LogP contribution in [0.25, 0.3) is 0 Å². The summed E-state index contributed by atoms with van der Waals surface area (Å²) < 4.78 is 39.9. The molecule has 0 radical (unpaired) electrons. The summed E-state index contributed by atoms with van der Waals surface area (Å²) in [5.41, 5.74) is 0. The van der Waals surface area contributed by atoms with E-state index < -0.39 is 19.2 Å². The molecule has 0 bridgehead atoms. The van der Waals surface area contributed by atoms with Gasteiger partial charge in [-0.25, -0.2) is 0 Å². The molecule has 1 N–H and O–H groups in total. The van der Waals surface area contributed by atoms with Gasteiger partial charge in [0.05, 0.1) is 13.0 Å². The second-order valence-electron chi connectivity index (χ2n) is 2.71. The van der Waals surface area contributed by atoms with Gasteiger partial charge < -0.3 is 9.84 Å². The number of halogens is 3. The summed E-state index contributed by atoms with van der Waals surface area (Å²) in [6, 6.07) is 5.52. The van der Waals surface area contributed by atoms with Gasteiger partial charge in [0, 0.05) is 0 Å². The second-order valence-corrected chi connectivity index (χ2v) is 2.71. The molecule has 2 nitrogen and oxygen atoms in total. The van der Waals surface area contributed by atoms with Gasteiger partial charge in [-0.15, -0.1) is 0 Å². The molecule has 0 aliphatic heterocycles. The fraction of sp³-hybridized carbons (Fsp3) is 0.333. The summed E-state index contributed by atoms with van der Waals surface area (Å²) in [6.45, 7) is -0.408. The van der Waals surface area contributed by atoms with Gasteiger partial charge in [0.25, 0.3) is 0 Å². The van der Waals surface area contributed by atoms with Crippen molar-refractivity contribution < 1.29 is 23.0 Å². The van der Waals surface area contributed by atoms with Crippen molar-refractivity contribution in [3.63, 3.8) is 0 Å². The molecule has 0 aliphatic rings. The number of phenolic OH excluding ortho intramolecular Hbond substituents is 1. The van der Waals surface area contributed by atoms with E-state index in [0.717, 1.165) is 0 Å². The van der Waals surface area contributed by atoms with Crippen LogP contribution in [0.3, 0.4) is 0 Å². The lowest BCUT2D eigenvalue weighted by molar-refractivity contribution is -0.139. The Morgan fingerprint density at radius 3 is 2.21 bits per heavy atom. The zero-order valence-corrected chi connectivity index (χ0v) is 7.21. The van der Waals surface area contributed by atoms with E-state index in [4.69, 9.17) is 9.84 Å². The molecule has 0 spiro atoms. The topological polar surface area (TPSA) is 29.5 Å². The van der Waals surface area contributed by atoms with E-state index >= 15 is 0 Å². The molecular formula is C9H9F3O2. The molecule has 0 atom stereocenters. The van der Waals surface area contributed by atoms with Gasteiger partial charge >= 0.3 is 6.18 Å². The molecule has 1 aromatic rings. The van der Waals surface area contributed by atoms with E-state index in [1.165, 1.54) is 24.3 Å². The first kappa shape index (κ1) is 10.7. The molecule has 1 rings (SSSR count). The van der Waals surface area contributed by atoms with Gasteiger partial charge in [-0.05, 0) is 24.3 Å². The average Bonchev–Trinajstić information content (AvgIpc) is 2.06. The van der Waals surface area contributed by atoms with Gasteiger partial charge in [-0.1, -0.05) is 0 Å². The standard InChI is InChI=1S/C9H9F3O2/c10-9(11,12)5-6-14-8-3-1-7(13)2-4-8/h1-4,13H,5-6H2. The quantitative estimate of drug-likeness (QED) is 0.823. The molecule has 0 heterocycles. The number of rotatable bonds is 3. The maximum atomic E-state index is 11.7. The normalized spacial score (nSPS) is 11.4. The van der Waals surface area contributed by atoms with Crippen molar-refractivity contribution >= 4 is 0 Å². The first-order chi connectivity index (χ1) is 6.47. The van der Waals surface area contributed by atoms with Crippen LogP contribution in [0.1, 0.15) is 6.42 Å². The molecule has 0 unspecified atom stereocenters. The Bertz CT molecular complexity index is 279. The number of hydrogen-bond donors (Lipinski definition) is 1. The first-order valence-electron chi connectivity index (χ1n) is 3.96. The molecule has 0 fully saturated rings. The number of hydrogen-bond acceptors (Lipinski definition) is 2. The molecule has 0 aromatic heterocycles. The summed E-state index contributed by atoms with van der Waals surface area (Å²) in [6.07, 6.45) is -5.18. The van der Waals surface area contributed by atoms with E-state index in [2.05, 4.69) is 0 Å². The Kier molecular flexibility index (Phi) is 3.22. The molecule has 5 heteroatoms. The number of benzene rings is 1. The lowest BCUT2D eigenvalue weighted by atomic mass is 10.3. The minimum absolute atomic E-state index is 0.0492. The van der Waals surface area contributed by atoms with Gasteiger partial charge in [0.1, 0.15) is 11.5 Å². The van der Waals surface area contributed by atoms with Crippen molar-refractivity contribution in [1.29, 1.82) is 0 Å². The highest BCUT2D eigenvalue weighted by atomic mass is 19.4. The molecule has 0 aliphatic carbocycles. The Balaban J connectivity index is 2.35. The molecule has 1 aromatic carbocycles. The summed E-state index contributed by atoms with van der Waals surface area (Å²) in [5, 5.41) is 8.88. The van der Waals surface area contributed by atoms with E-state index in [9.17, 15) is 13.2 Å². The smallest absolute Gasteiger partial charge is 0.392 e. The maximum Gasteiger partial charge on any atom is 0.392 e. The zero-order chi connectivity index (χ0) is 10.6. The molecular weight excluding hydrogens is 197 g/mol. The van der Waals surface area contributed by atoms with Crippen LogP contribution in [-0.4, -0.2) is 17.9 Å². The van der Waals surface area contributed by atoms with Crippen LogP contribution in [0.5, 0.6) is 11.5 Å². The zero-order valence-electron chi connectivity index (χ0n) is 7.21. The van der Waals surface area contributed by atoms with Crippen LogP contribution in [0.4, 0.5) is 13.2 Å². The van der Waals surface area contributed by atoms with E-state index in [1.54, 1.807) is 0 Å². The predicted octanol–water partition coefficient (Wildman–Crippen LogP) is 2.72. The Morgan fingerprint density at radius 2 is 1.71 bits per heavy atom. The van der Waals surface area contributed by atoms with Crippen molar-refractivity contribution in [2.24, 2.45) is 0 Å². The average molecular weight is 206 g/mol. The van der Waals surface area contributed by atoms with Crippen molar-refractivity contribution in [2.75, 3.05) is 6.61 Å². The minimum Gasteiger partial charge on any atom is -0.508 e. The summed E-state index contributed by atoms with van der Waals surface area (Å²) in [5.74, 6) is 0.361. The third kappa shape index (κ3) is 4.02. The van der Waals surface area contributed by atoms with Crippen LogP contribution in [-0.2, 0) is 0 Å². The third-order valence-electron chi connectivity index (χ3n) is 1.49. The molecule has 0 saturated carbocycles. The second kappa shape index (κ2) is 4.21. The van der Waals surface area contributed by atoms with Crippen LogP contribution in [0.15, 0.2) is 24.3 Å². The number of phenols is 1. The third-order valence-corrected chi connectivity index (χ3v) is 1.49. The minimum atomic E-state index is -4.20. The van der Waals surface area contributed by atoms with Crippen molar-refractivity contribution in [1.82, 2.24) is 0 Å². The summed E-state index contributed by atoms with van der Waals surface area (Å²) in [7, 11) is 0. The van der Waals surface area contributed by atoms with Gasteiger partial charge in [-0.3, -0.25) is 0 Å². The largest absolute Gasteiger partial charge is 0.508 e. The number of alkyl halides is 3. The number of ether oxygens (including phenoxy) is 1. The van der Waals surface area contributed by atoms with E-state index in [-0.39, 0.29) is 5.75 Å². The van der Waals surface area contributed by atoms with Gasteiger partial charge in [-0.2, -0.15) is 13.2 Å². The van der Waals surface area contributed by atoms with Crippen LogP contribution in [0, 0.1) is 0 Å². The Morgan fingerprint density at radius 1 is 1.14 bits per heavy atom. The highest BCUT2D eigenvalue weighted by Gasteiger charge is 2.26. The van der Waals surface area contributed by atoms with Crippen molar-refractivity contribution in [3.8, 4) is 11.5 Å².